The lowest BCUT2D eigenvalue weighted by molar-refractivity contribution is -0.130. The summed E-state index contributed by atoms with van der Waals surface area (Å²) in [4.78, 5) is 17.1. The molecule has 0 bridgehead atoms. The number of hydrogen-bond acceptors (Lipinski definition) is 6. The van der Waals surface area contributed by atoms with Gasteiger partial charge in [0.1, 0.15) is 12.4 Å². The van der Waals surface area contributed by atoms with Crippen molar-refractivity contribution in [1.82, 2.24) is 24.6 Å². The van der Waals surface area contributed by atoms with Crippen LogP contribution in [0.2, 0.25) is 5.02 Å². The maximum Gasteiger partial charge on any atom is 0.233 e. The van der Waals surface area contributed by atoms with E-state index >= 15 is 0 Å². The molecule has 1 fully saturated rings. The van der Waals surface area contributed by atoms with E-state index in [1.807, 2.05) is 40.8 Å². The number of carbonyl (C=O) groups excluding carboxylic acids is 1. The lowest BCUT2D eigenvalue weighted by Crippen LogP contribution is -2.49. The van der Waals surface area contributed by atoms with E-state index < -0.39 is 0 Å². The standard InChI is InChI=1S/C24H28ClN5O2S/c1-18(19-8-4-3-5-9-19)29-12-14-30(15-13-29)23(31)17-33-24-27-26-22(28(24)2)16-32-21-11-7-6-10-20(21)25/h3-11,18H,12-17H2,1-2H3/t18-/m0/s1. The fourth-order valence-electron chi connectivity index (χ4n) is 3.82. The van der Waals surface area contributed by atoms with Crippen molar-refractivity contribution < 1.29 is 9.53 Å². The molecule has 9 heteroatoms. The summed E-state index contributed by atoms with van der Waals surface area (Å²) < 4.78 is 7.61. The van der Waals surface area contributed by atoms with E-state index in [1.165, 1.54) is 17.3 Å². The van der Waals surface area contributed by atoms with E-state index in [2.05, 4.69) is 46.3 Å². The van der Waals surface area contributed by atoms with Crippen LogP contribution >= 0.6 is 23.4 Å². The van der Waals surface area contributed by atoms with Gasteiger partial charge in [-0.1, -0.05) is 65.8 Å². The molecule has 0 radical (unpaired) electrons. The normalized spacial score (nSPS) is 15.4. The maximum absolute atomic E-state index is 12.8. The van der Waals surface area contributed by atoms with Crippen LogP contribution in [-0.2, 0) is 18.4 Å². The van der Waals surface area contributed by atoms with Gasteiger partial charge in [-0.05, 0) is 24.6 Å². The lowest BCUT2D eigenvalue weighted by Gasteiger charge is -2.38. The predicted octanol–water partition coefficient (Wildman–Crippen LogP) is 4.05. The molecule has 4 rings (SSSR count). The Morgan fingerprint density at radius 1 is 1.06 bits per heavy atom. The summed E-state index contributed by atoms with van der Waals surface area (Å²) in [6.07, 6.45) is 0. The molecule has 0 N–H and O–H groups in total. The molecule has 0 spiro atoms. The van der Waals surface area contributed by atoms with Gasteiger partial charge in [0.25, 0.3) is 0 Å². The lowest BCUT2D eigenvalue weighted by atomic mass is 10.1. The minimum Gasteiger partial charge on any atom is -0.484 e. The van der Waals surface area contributed by atoms with E-state index in [0.29, 0.717) is 33.5 Å². The van der Waals surface area contributed by atoms with Gasteiger partial charge in [-0.15, -0.1) is 10.2 Å². The van der Waals surface area contributed by atoms with Crippen LogP contribution in [0.25, 0.3) is 0 Å². The highest BCUT2D eigenvalue weighted by molar-refractivity contribution is 7.99. The highest BCUT2D eigenvalue weighted by atomic mass is 35.5. The number of aromatic nitrogens is 3. The molecule has 7 nitrogen and oxygen atoms in total. The SMILES string of the molecule is C[C@@H](c1ccccc1)N1CCN(C(=O)CSc2nnc(COc3ccccc3Cl)n2C)CC1. The highest BCUT2D eigenvalue weighted by Gasteiger charge is 2.25. The first-order valence-electron chi connectivity index (χ1n) is 11.0. The van der Waals surface area contributed by atoms with Crippen molar-refractivity contribution in [3.63, 3.8) is 0 Å². The molecule has 1 saturated heterocycles. The number of halogens is 1. The molecule has 1 aliphatic heterocycles. The van der Waals surface area contributed by atoms with Gasteiger partial charge in [0, 0.05) is 39.3 Å². The second-order valence-electron chi connectivity index (χ2n) is 7.97. The molecule has 1 atom stereocenters. The van der Waals surface area contributed by atoms with Crippen LogP contribution in [0.15, 0.2) is 59.8 Å². The van der Waals surface area contributed by atoms with Crippen LogP contribution in [0, 0.1) is 0 Å². The summed E-state index contributed by atoms with van der Waals surface area (Å²) in [7, 11) is 1.88. The molecule has 1 amide bonds. The summed E-state index contributed by atoms with van der Waals surface area (Å²) in [5, 5.41) is 9.67. The molecule has 33 heavy (non-hydrogen) atoms. The minimum absolute atomic E-state index is 0.129. The van der Waals surface area contributed by atoms with Crippen molar-refractivity contribution in [2.45, 2.75) is 24.7 Å². The zero-order valence-electron chi connectivity index (χ0n) is 18.9. The van der Waals surface area contributed by atoms with E-state index in [-0.39, 0.29) is 12.5 Å². The topological polar surface area (TPSA) is 63.5 Å². The van der Waals surface area contributed by atoms with Crippen molar-refractivity contribution in [2.24, 2.45) is 7.05 Å². The molecule has 3 aromatic rings. The van der Waals surface area contributed by atoms with Gasteiger partial charge >= 0.3 is 0 Å². The molecule has 1 aromatic heterocycles. The fourth-order valence-corrected chi connectivity index (χ4v) is 4.84. The second-order valence-corrected chi connectivity index (χ2v) is 9.32. The average molecular weight is 486 g/mol. The van der Waals surface area contributed by atoms with E-state index in [1.54, 1.807) is 6.07 Å². The number of hydrogen-bond donors (Lipinski definition) is 0. The molecule has 1 aliphatic rings. The minimum atomic E-state index is 0.129. The number of benzene rings is 2. The molecule has 2 aromatic carbocycles. The molecular weight excluding hydrogens is 458 g/mol. The summed E-state index contributed by atoms with van der Waals surface area (Å²) in [6, 6.07) is 18.2. The third-order valence-electron chi connectivity index (χ3n) is 5.94. The number of thioether (sulfide) groups is 1. The Morgan fingerprint density at radius 3 is 2.48 bits per heavy atom. The third kappa shape index (κ3) is 5.88. The Bertz CT molecular complexity index is 1070. The Hall–Kier alpha value is -2.55. The van der Waals surface area contributed by atoms with Crippen molar-refractivity contribution >= 4 is 29.3 Å². The average Bonchev–Trinajstić information content (AvgIpc) is 3.21. The number of para-hydroxylation sites is 1. The van der Waals surface area contributed by atoms with Gasteiger partial charge in [-0.25, -0.2) is 0 Å². The number of ether oxygens (including phenoxy) is 1. The van der Waals surface area contributed by atoms with E-state index in [0.717, 1.165) is 26.2 Å². The first-order chi connectivity index (χ1) is 16.0. The molecule has 2 heterocycles. The first kappa shape index (κ1) is 23.6. The van der Waals surface area contributed by atoms with Crippen molar-refractivity contribution in [3.8, 4) is 5.75 Å². The summed E-state index contributed by atoms with van der Waals surface area (Å²) in [6.45, 7) is 5.71. The number of piperazine rings is 1. The first-order valence-corrected chi connectivity index (χ1v) is 12.3. The summed E-state index contributed by atoms with van der Waals surface area (Å²) >= 11 is 7.54. The van der Waals surface area contributed by atoms with E-state index in [4.69, 9.17) is 16.3 Å². The Labute approximate surface area is 203 Å². The Morgan fingerprint density at radius 2 is 1.76 bits per heavy atom. The van der Waals surface area contributed by atoms with Gasteiger partial charge < -0.3 is 14.2 Å². The monoisotopic (exact) mass is 485 g/mol. The van der Waals surface area contributed by atoms with Crippen molar-refractivity contribution in [1.29, 1.82) is 0 Å². The predicted molar refractivity (Wildman–Crippen MR) is 131 cm³/mol. The molecular formula is C24H28ClN5O2S. The molecule has 0 saturated carbocycles. The number of amides is 1. The van der Waals surface area contributed by atoms with Crippen LogP contribution in [0.3, 0.4) is 0 Å². The van der Waals surface area contributed by atoms with Crippen LogP contribution in [0.5, 0.6) is 5.75 Å². The molecule has 174 valence electrons. The summed E-state index contributed by atoms with van der Waals surface area (Å²) in [5.41, 5.74) is 1.31. The van der Waals surface area contributed by atoms with Gasteiger partial charge in [-0.3, -0.25) is 9.69 Å². The van der Waals surface area contributed by atoms with Crippen LogP contribution in [0.1, 0.15) is 24.4 Å². The second kappa shape index (κ2) is 11.0. The number of rotatable bonds is 8. The number of nitrogens with zero attached hydrogens (tertiary/aromatic N) is 5. The third-order valence-corrected chi connectivity index (χ3v) is 7.26. The van der Waals surface area contributed by atoms with Gasteiger partial charge in [0.15, 0.2) is 11.0 Å². The van der Waals surface area contributed by atoms with E-state index in [9.17, 15) is 4.79 Å². The molecule has 0 unspecified atom stereocenters. The van der Waals surface area contributed by atoms with Crippen molar-refractivity contribution in [3.05, 3.63) is 71.0 Å². The smallest absolute Gasteiger partial charge is 0.233 e. The zero-order chi connectivity index (χ0) is 23.2. The Kier molecular flexibility index (Phi) is 7.90. The molecule has 0 aliphatic carbocycles. The number of carbonyl (C=O) groups is 1. The fraction of sp³-hybridized carbons (Fsp3) is 0.375. The van der Waals surface area contributed by atoms with Crippen molar-refractivity contribution in [2.75, 3.05) is 31.9 Å². The zero-order valence-corrected chi connectivity index (χ0v) is 20.4. The highest BCUT2D eigenvalue weighted by Crippen LogP contribution is 2.25. The van der Waals surface area contributed by atoms with Gasteiger partial charge in [-0.2, -0.15) is 0 Å². The van der Waals surface area contributed by atoms with Gasteiger partial charge in [0.2, 0.25) is 5.91 Å². The quantitative estimate of drug-likeness (QED) is 0.449. The Balaban J connectivity index is 1.24. The van der Waals surface area contributed by atoms with Crippen LogP contribution in [-0.4, -0.2) is 62.4 Å². The maximum atomic E-state index is 12.8. The van der Waals surface area contributed by atoms with Gasteiger partial charge in [0.05, 0.1) is 10.8 Å². The van der Waals surface area contributed by atoms with Crippen LogP contribution < -0.4 is 4.74 Å². The summed E-state index contributed by atoms with van der Waals surface area (Å²) in [5.74, 6) is 1.75. The largest absolute Gasteiger partial charge is 0.484 e. The van der Waals surface area contributed by atoms with Crippen LogP contribution in [0.4, 0.5) is 0 Å².